The lowest BCUT2D eigenvalue weighted by atomic mass is 10.2. The molecule has 0 aromatic heterocycles. The van der Waals surface area contributed by atoms with E-state index in [0.717, 1.165) is 24.6 Å². The van der Waals surface area contributed by atoms with Gasteiger partial charge in [0, 0.05) is 38.0 Å². The van der Waals surface area contributed by atoms with Gasteiger partial charge in [-0.05, 0) is 63.1 Å². The topological polar surface area (TPSA) is 32.7 Å². The van der Waals surface area contributed by atoms with Crippen LogP contribution in [0.2, 0.25) is 0 Å². The van der Waals surface area contributed by atoms with Crippen LogP contribution in [0.1, 0.15) is 38.3 Å². The number of nitrogens with zero attached hydrogens (tertiary/aromatic N) is 2. The van der Waals surface area contributed by atoms with Gasteiger partial charge in [-0.3, -0.25) is 4.99 Å². The molecule has 0 saturated heterocycles. The summed E-state index contributed by atoms with van der Waals surface area (Å²) in [5.41, 5.74) is 4.10. The predicted molar refractivity (Wildman–Crippen MR) is 123 cm³/mol. The van der Waals surface area contributed by atoms with Crippen LogP contribution >= 0.6 is 0 Å². The number of halogens is 2. The van der Waals surface area contributed by atoms with Gasteiger partial charge >= 0.3 is 0 Å². The standard InChI is InChI=1S/C12H18N2.C7H6F2.C3H6O.C2H4/c1-5-13-12-9-11(14(4)6-2)8-7-10(12)3;1-5-2-6(8)4-7(9)3-5;1-2-3-4;1-2/h5,7-9H,6H2,1-4H3;2-4H,1H3;3H,2H2,1H3;1-2H2. The van der Waals surface area contributed by atoms with Crippen molar-refractivity contribution in [1.29, 1.82) is 0 Å². The molecule has 0 bridgehead atoms. The highest BCUT2D eigenvalue weighted by Crippen LogP contribution is 2.24. The quantitative estimate of drug-likeness (QED) is 0.317. The molecule has 0 aliphatic heterocycles. The van der Waals surface area contributed by atoms with Crippen LogP contribution < -0.4 is 4.90 Å². The van der Waals surface area contributed by atoms with Crippen LogP contribution in [0.15, 0.2) is 54.5 Å². The second-order valence-electron chi connectivity index (χ2n) is 5.89. The number of aldehydes is 1. The number of rotatable bonds is 4. The SMILES string of the molecule is C=C.CC=Nc1cc(N(C)CC)ccc1C.CCC=O.Cc1cc(F)cc(F)c1. The molecule has 0 spiro atoms. The summed E-state index contributed by atoms with van der Waals surface area (Å²) in [5, 5.41) is 0. The molecule has 0 saturated carbocycles. The van der Waals surface area contributed by atoms with Crippen LogP contribution in [-0.2, 0) is 4.79 Å². The fourth-order valence-electron chi connectivity index (χ4n) is 1.99. The Morgan fingerprint density at radius 2 is 1.55 bits per heavy atom. The van der Waals surface area contributed by atoms with Crippen molar-refractivity contribution in [1.82, 2.24) is 0 Å². The monoisotopic (exact) mass is 404 g/mol. The smallest absolute Gasteiger partial charge is 0.126 e. The summed E-state index contributed by atoms with van der Waals surface area (Å²) in [5.74, 6) is -1.04. The van der Waals surface area contributed by atoms with Gasteiger partial charge in [0.2, 0.25) is 0 Å². The Morgan fingerprint density at radius 3 is 1.93 bits per heavy atom. The van der Waals surface area contributed by atoms with Crippen LogP contribution in [0.5, 0.6) is 0 Å². The van der Waals surface area contributed by atoms with Crippen LogP contribution in [0, 0.1) is 25.5 Å². The normalized spacial score (nSPS) is 9.24. The van der Waals surface area contributed by atoms with Gasteiger partial charge in [-0.25, -0.2) is 8.78 Å². The molecule has 0 heterocycles. The molecule has 2 aromatic rings. The Hall–Kier alpha value is -2.82. The third kappa shape index (κ3) is 13.1. The van der Waals surface area contributed by atoms with Crippen LogP contribution in [0.3, 0.4) is 0 Å². The fourth-order valence-corrected chi connectivity index (χ4v) is 1.99. The highest BCUT2D eigenvalue weighted by molar-refractivity contribution is 5.66. The maximum atomic E-state index is 12.2. The molecular formula is C24H34F2N2O. The second kappa shape index (κ2) is 17.3. The lowest BCUT2D eigenvalue weighted by molar-refractivity contribution is -0.107. The number of benzene rings is 2. The lowest BCUT2D eigenvalue weighted by Gasteiger charge is -2.17. The molecular weight excluding hydrogens is 370 g/mol. The van der Waals surface area contributed by atoms with E-state index in [4.69, 9.17) is 0 Å². The first-order valence-corrected chi connectivity index (χ1v) is 9.45. The summed E-state index contributed by atoms with van der Waals surface area (Å²) >= 11 is 0. The van der Waals surface area contributed by atoms with Crippen LogP contribution in [0.4, 0.5) is 20.2 Å². The molecule has 0 aliphatic carbocycles. The van der Waals surface area contributed by atoms with Gasteiger partial charge in [0.05, 0.1) is 5.69 Å². The first-order valence-electron chi connectivity index (χ1n) is 9.45. The number of anilines is 1. The molecule has 0 fully saturated rings. The summed E-state index contributed by atoms with van der Waals surface area (Å²) in [7, 11) is 2.09. The average Bonchev–Trinajstić information content (AvgIpc) is 2.70. The van der Waals surface area contributed by atoms with Crippen molar-refractivity contribution in [3.05, 3.63) is 72.3 Å². The molecule has 0 atom stereocenters. The second-order valence-corrected chi connectivity index (χ2v) is 5.89. The molecule has 3 nitrogen and oxygen atoms in total. The van der Waals surface area contributed by atoms with E-state index in [2.05, 4.69) is 62.1 Å². The molecule has 0 amide bonds. The molecule has 160 valence electrons. The minimum Gasteiger partial charge on any atom is -0.375 e. The van der Waals surface area contributed by atoms with Gasteiger partial charge in [-0.1, -0.05) is 13.0 Å². The first-order chi connectivity index (χ1) is 13.8. The van der Waals surface area contributed by atoms with Gasteiger partial charge in [-0.2, -0.15) is 0 Å². The minimum absolute atomic E-state index is 0.521. The van der Waals surface area contributed by atoms with Crippen molar-refractivity contribution in [2.75, 3.05) is 18.5 Å². The zero-order valence-electron chi connectivity index (χ0n) is 18.5. The van der Waals surface area contributed by atoms with Gasteiger partial charge in [0.25, 0.3) is 0 Å². The molecule has 0 radical (unpaired) electrons. The van der Waals surface area contributed by atoms with Crippen LogP contribution in [-0.4, -0.2) is 26.1 Å². The van der Waals surface area contributed by atoms with Crippen molar-refractivity contribution < 1.29 is 13.6 Å². The highest BCUT2D eigenvalue weighted by atomic mass is 19.1. The number of aryl methyl sites for hydroxylation is 2. The maximum absolute atomic E-state index is 12.2. The highest BCUT2D eigenvalue weighted by Gasteiger charge is 2.01. The van der Waals surface area contributed by atoms with Gasteiger partial charge in [0.15, 0.2) is 0 Å². The largest absolute Gasteiger partial charge is 0.375 e. The van der Waals surface area contributed by atoms with Crippen molar-refractivity contribution >= 4 is 23.9 Å². The van der Waals surface area contributed by atoms with E-state index in [9.17, 15) is 13.6 Å². The fraction of sp³-hybridized carbons (Fsp3) is 0.333. The maximum Gasteiger partial charge on any atom is 0.126 e. The molecule has 0 N–H and O–H groups in total. The number of hydrogen-bond acceptors (Lipinski definition) is 3. The summed E-state index contributed by atoms with van der Waals surface area (Å²) in [6.45, 7) is 16.6. The van der Waals surface area contributed by atoms with Crippen molar-refractivity contribution in [2.45, 2.75) is 41.0 Å². The van der Waals surface area contributed by atoms with E-state index >= 15 is 0 Å². The lowest BCUT2D eigenvalue weighted by Crippen LogP contribution is -2.15. The molecule has 5 heteroatoms. The third-order valence-electron chi connectivity index (χ3n) is 3.55. The average molecular weight is 405 g/mol. The summed E-state index contributed by atoms with van der Waals surface area (Å²) in [6.07, 6.45) is 3.35. The Morgan fingerprint density at radius 1 is 1.03 bits per heavy atom. The van der Waals surface area contributed by atoms with Gasteiger partial charge in [0.1, 0.15) is 17.9 Å². The van der Waals surface area contributed by atoms with E-state index in [1.54, 1.807) is 6.92 Å². The number of carbonyl (C=O) groups excluding carboxylic acids is 1. The van der Waals surface area contributed by atoms with E-state index < -0.39 is 11.6 Å². The number of carbonyl (C=O) groups is 1. The van der Waals surface area contributed by atoms with E-state index in [1.165, 1.54) is 23.4 Å². The Kier molecular flexibility index (Phi) is 16.9. The zero-order valence-corrected chi connectivity index (χ0v) is 18.5. The molecule has 0 unspecified atom stereocenters. The number of hydrogen-bond donors (Lipinski definition) is 0. The summed E-state index contributed by atoms with van der Waals surface area (Å²) < 4.78 is 24.4. The summed E-state index contributed by atoms with van der Waals surface area (Å²) in [6, 6.07) is 9.79. The Balaban J connectivity index is 0. The summed E-state index contributed by atoms with van der Waals surface area (Å²) in [4.78, 5) is 15.7. The van der Waals surface area contributed by atoms with E-state index in [0.29, 0.717) is 12.0 Å². The third-order valence-corrected chi connectivity index (χ3v) is 3.55. The van der Waals surface area contributed by atoms with Crippen molar-refractivity contribution in [3.8, 4) is 0 Å². The predicted octanol–water partition coefficient (Wildman–Crippen LogP) is 6.84. The molecule has 2 rings (SSSR count). The van der Waals surface area contributed by atoms with Crippen LogP contribution in [0.25, 0.3) is 0 Å². The van der Waals surface area contributed by atoms with Crippen molar-refractivity contribution in [2.24, 2.45) is 4.99 Å². The van der Waals surface area contributed by atoms with E-state index in [-0.39, 0.29) is 0 Å². The molecule has 2 aromatic carbocycles. The van der Waals surface area contributed by atoms with Gasteiger partial charge < -0.3 is 9.69 Å². The molecule has 0 aliphatic rings. The number of aliphatic imine (C=N–C) groups is 1. The Bertz CT molecular complexity index is 695. The van der Waals surface area contributed by atoms with E-state index in [1.807, 2.05) is 20.1 Å². The Labute approximate surface area is 174 Å². The molecule has 29 heavy (non-hydrogen) atoms. The minimum atomic E-state index is -0.521. The van der Waals surface area contributed by atoms with Crippen molar-refractivity contribution in [3.63, 3.8) is 0 Å². The van der Waals surface area contributed by atoms with Gasteiger partial charge in [-0.15, -0.1) is 13.2 Å². The zero-order chi connectivity index (χ0) is 22.8. The first kappa shape index (κ1) is 28.4.